The minimum absolute atomic E-state index is 0.214. The molecule has 0 saturated heterocycles. The molecule has 0 aliphatic rings. The molecule has 1 aromatic carbocycles. The molecule has 3 heteroatoms. The highest BCUT2D eigenvalue weighted by Crippen LogP contribution is 2.29. The first-order valence-electron chi connectivity index (χ1n) is 4.89. The van der Waals surface area contributed by atoms with Gasteiger partial charge in [0.1, 0.15) is 0 Å². The summed E-state index contributed by atoms with van der Waals surface area (Å²) < 4.78 is 37.2. The van der Waals surface area contributed by atoms with Crippen LogP contribution in [0.3, 0.4) is 0 Å². The first-order chi connectivity index (χ1) is 7.18. The summed E-state index contributed by atoms with van der Waals surface area (Å²) in [7, 11) is 0. The van der Waals surface area contributed by atoms with E-state index in [2.05, 4.69) is 11.8 Å². The van der Waals surface area contributed by atoms with Crippen LogP contribution in [0.25, 0.3) is 0 Å². The van der Waals surface area contributed by atoms with Crippen molar-refractivity contribution in [2.24, 2.45) is 5.41 Å². The van der Waals surface area contributed by atoms with Gasteiger partial charge in [0.2, 0.25) is 0 Å². The maximum Gasteiger partial charge on any atom is 0.416 e. The Balaban J connectivity index is 3.04. The van der Waals surface area contributed by atoms with Crippen LogP contribution in [-0.4, -0.2) is 0 Å². The summed E-state index contributed by atoms with van der Waals surface area (Å²) in [5.41, 5.74) is -0.480. The van der Waals surface area contributed by atoms with E-state index < -0.39 is 11.7 Å². The molecule has 86 valence electrons. The standard InChI is InChI=1S/C13H13F3/c1-12(2,3)8-7-10-5-4-6-11(9-10)13(14,15)16/h4-6,9H,1-3H3. The van der Waals surface area contributed by atoms with Gasteiger partial charge in [-0.05, 0) is 39.0 Å². The Morgan fingerprint density at radius 3 is 2.19 bits per heavy atom. The Labute approximate surface area is 93.5 Å². The van der Waals surface area contributed by atoms with E-state index in [1.165, 1.54) is 6.07 Å². The SMILES string of the molecule is CC(C)(C)C#Cc1cccc(C(F)(F)F)c1. The van der Waals surface area contributed by atoms with E-state index in [-0.39, 0.29) is 5.41 Å². The number of hydrogen-bond acceptors (Lipinski definition) is 0. The Hall–Kier alpha value is -1.43. The minimum atomic E-state index is -4.31. The zero-order chi connectivity index (χ0) is 12.4. The third-order valence-corrected chi connectivity index (χ3v) is 1.77. The first kappa shape index (κ1) is 12.6. The van der Waals surface area contributed by atoms with Gasteiger partial charge in [-0.15, -0.1) is 0 Å². The molecule has 0 radical (unpaired) electrons. The number of alkyl halides is 3. The molecule has 0 fully saturated rings. The van der Waals surface area contributed by atoms with Crippen LogP contribution in [0.5, 0.6) is 0 Å². The second kappa shape index (κ2) is 4.21. The lowest BCUT2D eigenvalue weighted by Crippen LogP contribution is -2.04. The van der Waals surface area contributed by atoms with E-state index >= 15 is 0 Å². The Bertz CT molecular complexity index is 425. The molecule has 1 aromatic rings. The summed E-state index contributed by atoms with van der Waals surface area (Å²) in [6.07, 6.45) is -4.31. The van der Waals surface area contributed by atoms with Crippen molar-refractivity contribution in [3.05, 3.63) is 35.4 Å². The van der Waals surface area contributed by atoms with Gasteiger partial charge in [-0.3, -0.25) is 0 Å². The number of rotatable bonds is 0. The smallest absolute Gasteiger partial charge is 0.166 e. The summed E-state index contributed by atoms with van der Waals surface area (Å²) in [6.45, 7) is 5.73. The molecule has 16 heavy (non-hydrogen) atoms. The van der Waals surface area contributed by atoms with Gasteiger partial charge in [0.05, 0.1) is 5.56 Å². The largest absolute Gasteiger partial charge is 0.416 e. The van der Waals surface area contributed by atoms with Crippen LogP contribution >= 0.6 is 0 Å². The van der Waals surface area contributed by atoms with Gasteiger partial charge in [0.25, 0.3) is 0 Å². The van der Waals surface area contributed by atoms with Crippen molar-refractivity contribution in [3.8, 4) is 11.8 Å². The van der Waals surface area contributed by atoms with E-state index in [0.717, 1.165) is 12.1 Å². The summed E-state index contributed by atoms with van der Waals surface area (Å²) in [5.74, 6) is 5.65. The fraction of sp³-hybridized carbons (Fsp3) is 0.385. The molecular formula is C13H13F3. The van der Waals surface area contributed by atoms with Crippen molar-refractivity contribution in [2.75, 3.05) is 0 Å². The zero-order valence-electron chi connectivity index (χ0n) is 9.44. The van der Waals surface area contributed by atoms with Crippen molar-refractivity contribution in [3.63, 3.8) is 0 Å². The van der Waals surface area contributed by atoms with Crippen LogP contribution in [0.1, 0.15) is 31.9 Å². The van der Waals surface area contributed by atoms with Gasteiger partial charge in [-0.1, -0.05) is 17.9 Å². The normalized spacial score (nSPS) is 11.9. The van der Waals surface area contributed by atoms with Crippen molar-refractivity contribution >= 4 is 0 Å². The van der Waals surface area contributed by atoms with Gasteiger partial charge in [0.15, 0.2) is 0 Å². The maximum atomic E-state index is 12.4. The Morgan fingerprint density at radius 2 is 1.69 bits per heavy atom. The summed E-state index contributed by atoms with van der Waals surface area (Å²) >= 11 is 0. The Morgan fingerprint density at radius 1 is 1.06 bits per heavy atom. The summed E-state index contributed by atoms with van der Waals surface area (Å²) in [4.78, 5) is 0. The van der Waals surface area contributed by atoms with Crippen LogP contribution < -0.4 is 0 Å². The number of halogens is 3. The third kappa shape index (κ3) is 3.98. The Kier molecular flexibility index (Phi) is 3.32. The molecule has 0 nitrogen and oxygen atoms in total. The molecule has 0 spiro atoms. The van der Waals surface area contributed by atoms with Crippen molar-refractivity contribution < 1.29 is 13.2 Å². The van der Waals surface area contributed by atoms with Gasteiger partial charge in [-0.25, -0.2) is 0 Å². The second-order valence-corrected chi connectivity index (χ2v) is 4.58. The highest BCUT2D eigenvalue weighted by Gasteiger charge is 2.30. The first-order valence-corrected chi connectivity index (χ1v) is 4.89. The van der Waals surface area contributed by atoms with Crippen molar-refractivity contribution in [1.82, 2.24) is 0 Å². The molecule has 0 saturated carbocycles. The number of benzene rings is 1. The minimum Gasteiger partial charge on any atom is -0.166 e. The molecule has 0 N–H and O–H groups in total. The van der Waals surface area contributed by atoms with Crippen LogP contribution in [0, 0.1) is 17.3 Å². The highest BCUT2D eigenvalue weighted by molar-refractivity contribution is 5.38. The van der Waals surface area contributed by atoms with Crippen LogP contribution in [0.4, 0.5) is 13.2 Å². The average Bonchev–Trinajstić information content (AvgIpc) is 2.13. The lowest BCUT2D eigenvalue weighted by Gasteiger charge is -2.08. The van der Waals surface area contributed by atoms with Crippen LogP contribution in [0.2, 0.25) is 0 Å². The van der Waals surface area contributed by atoms with Crippen LogP contribution in [0.15, 0.2) is 24.3 Å². The topological polar surface area (TPSA) is 0 Å². The van der Waals surface area contributed by atoms with E-state index in [1.807, 2.05) is 20.8 Å². The molecule has 0 aliphatic heterocycles. The average molecular weight is 226 g/mol. The predicted octanol–water partition coefficient (Wildman–Crippen LogP) is 4.10. The summed E-state index contributed by atoms with van der Waals surface area (Å²) in [5, 5.41) is 0. The molecule has 0 unspecified atom stereocenters. The molecule has 1 rings (SSSR count). The second-order valence-electron chi connectivity index (χ2n) is 4.58. The number of hydrogen-bond donors (Lipinski definition) is 0. The molecular weight excluding hydrogens is 213 g/mol. The maximum absolute atomic E-state index is 12.4. The monoisotopic (exact) mass is 226 g/mol. The summed E-state index contributed by atoms with van der Waals surface area (Å²) in [6, 6.07) is 5.06. The molecule has 0 bridgehead atoms. The lowest BCUT2D eigenvalue weighted by atomic mass is 9.97. The molecule has 0 aliphatic carbocycles. The molecule has 0 atom stereocenters. The van der Waals surface area contributed by atoms with Crippen molar-refractivity contribution in [2.45, 2.75) is 26.9 Å². The quantitative estimate of drug-likeness (QED) is 0.584. The van der Waals surface area contributed by atoms with E-state index in [4.69, 9.17) is 0 Å². The van der Waals surface area contributed by atoms with E-state index in [1.54, 1.807) is 6.07 Å². The molecule has 0 heterocycles. The predicted molar refractivity (Wildman–Crippen MR) is 57.8 cm³/mol. The molecule has 0 aromatic heterocycles. The molecule has 0 amide bonds. The van der Waals surface area contributed by atoms with Crippen molar-refractivity contribution in [1.29, 1.82) is 0 Å². The van der Waals surface area contributed by atoms with Gasteiger partial charge < -0.3 is 0 Å². The van der Waals surface area contributed by atoms with Gasteiger partial charge in [-0.2, -0.15) is 13.2 Å². The fourth-order valence-corrected chi connectivity index (χ4v) is 1.03. The fourth-order valence-electron chi connectivity index (χ4n) is 1.03. The van der Waals surface area contributed by atoms with E-state index in [9.17, 15) is 13.2 Å². The highest BCUT2D eigenvalue weighted by atomic mass is 19.4. The zero-order valence-corrected chi connectivity index (χ0v) is 9.44. The van der Waals surface area contributed by atoms with Gasteiger partial charge in [0, 0.05) is 11.0 Å². The van der Waals surface area contributed by atoms with Crippen LogP contribution in [-0.2, 0) is 6.18 Å². The van der Waals surface area contributed by atoms with E-state index in [0.29, 0.717) is 5.56 Å². The third-order valence-electron chi connectivity index (χ3n) is 1.77. The van der Waals surface area contributed by atoms with Gasteiger partial charge >= 0.3 is 6.18 Å². The lowest BCUT2D eigenvalue weighted by molar-refractivity contribution is -0.137.